The number of nitrogens with zero attached hydrogens (tertiary/aromatic N) is 1. The van der Waals surface area contributed by atoms with Gasteiger partial charge in [-0.25, -0.2) is 4.79 Å². The Morgan fingerprint density at radius 2 is 1.65 bits per heavy atom. The molecule has 2 N–H and O–H groups in total. The Bertz CT molecular complexity index is 773. The van der Waals surface area contributed by atoms with Crippen molar-refractivity contribution in [2.24, 2.45) is 0 Å². The summed E-state index contributed by atoms with van der Waals surface area (Å²) >= 11 is 0. The van der Waals surface area contributed by atoms with Crippen molar-refractivity contribution in [2.75, 3.05) is 13.1 Å². The highest BCUT2D eigenvalue weighted by Gasteiger charge is 2.10. The van der Waals surface area contributed by atoms with Gasteiger partial charge in [-0.3, -0.25) is 4.90 Å². The Morgan fingerprint density at radius 1 is 0.962 bits per heavy atom. The van der Waals surface area contributed by atoms with Crippen LogP contribution in [-0.4, -0.2) is 36.1 Å². The molecule has 2 amide bonds. The smallest absolute Gasteiger partial charge is 0.315 e. The molecule has 0 saturated carbocycles. The van der Waals surface area contributed by atoms with Gasteiger partial charge in [-0.15, -0.1) is 0 Å². The van der Waals surface area contributed by atoms with Crippen molar-refractivity contribution in [3.05, 3.63) is 48.0 Å². The van der Waals surface area contributed by atoms with E-state index in [9.17, 15) is 4.79 Å². The molecule has 0 atom stereocenters. The topological polar surface area (TPSA) is 44.4 Å². The third-order valence-electron chi connectivity index (χ3n) is 4.37. The van der Waals surface area contributed by atoms with Gasteiger partial charge < -0.3 is 10.6 Å². The summed E-state index contributed by atoms with van der Waals surface area (Å²) in [5.74, 6) is 6.16. The summed E-state index contributed by atoms with van der Waals surface area (Å²) in [6, 6.07) is 15.0. The summed E-state index contributed by atoms with van der Waals surface area (Å²) in [7, 11) is 0. The number of carbonyl (C=O) groups is 1. The van der Waals surface area contributed by atoms with Crippen LogP contribution in [0.25, 0.3) is 10.8 Å². The van der Waals surface area contributed by atoms with Crippen LogP contribution in [0.3, 0.4) is 0 Å². The molecule has 138 valence electrons. The van der Waals surface area contributed by atoms with Gasteiger partial charge >= 0.3 is 6.03 Å². The van der Waals surface area contributed by atoms with Crippen LogP contribution in [0.15, 0.2) is 42.5 Å². The molecule has 0 heterocycles. The van der Waals surface area contributed by atoms with E-state index < -0.39 is 0 Å². The van der Waals surface area contributed by atoms with Crippen LogP contribution in [0.4, 0.5) is 4.79 Å². The Hall–Kier alpha value is -2.51. The minimum atomic E-state index is -0.197. The van der Waals surface area contributed by atoms with Gasteiger partial charge in [0.1, 0.15) is 0 Å². The van der Waals surface area contributed by atoms with Crippen LogP contribution in [0.2, 0.25) is 0 Å². The standard InChI is InChI=1S/C22H29N3O/c1-17(2)25(18(3)4)15-8-7-14-23-22(26)24-16-20-12-9-11-19-10-5-6-13-21(19)20/h5-6,9-13,17-18H,14-16H2,1-4H3,(H2,23,24,26). The molecule has 0 aromatic heterocycles. The average Bonchev–Trinajstić information content (AvgIpc) is 2.62. The molecule has 2 aromatic carbocycles. The number of amides is 2. The van der Waals surface area contributed by atoms with Crippen LogP contribution in [0.5, 0.6) is 0 Å². The number of urea groups is 1. The van der Waals surface area contributed by atoms with Gasteiger partial charge in [0.2, 0.25) is 0 Å². The maximum Gasteiger partial charge on any atom is 0.315 e. The molecule has 0 aliphatic carbocycles. The van der Waals surface area contributed by atoms with Gasteiger partial charge in [-0.05, 0) is 44.0 Å². The molecule has 0 bridgehead atoms. The van der Waals surface area contributed by atoms with Gasteiger partial charge in [0.15, 0.2) is 0 Å². The van der Waals surface area contributed by atoms with Gasteiger partial charge in [0.05, 0.1) is 13.1 Å². The first-order valence-corrected chi connectivity index (χ1v) is 9.19. The summed E-state index contributed by atoms with van der Waals surface area (Å²) in [5, 5.41) is 8.03. The van der Waals surface area contributed by atoms with Crippen LogP contribution in [0.1, 0.15) is 33.3 Å². The van der Waals surface area contributed by atoms with Crippen LogP contribution in [0, 0.1) is 11.8 Å². The van der Waals surface area contributed by atoms with E-state index in [0.717, 1.165) is 10.9 Å². The molecule has 2 rings (SSSR count). The molecule has 4 heteroatoms. The van der Waals surface area contributed by atoms with E-state index in [4.69, 9.17) is 0 Å². The average molecular weight is 351 g/mol. The van der Waals surface area contributed by atoms with Crippen molar-refractivity contribution in [2.45, 2.75) is 46.3 Å². The first kappa shape index (κ1) is 19.8. The second kappa shape index (κ2) is 9.84. The highest BCUT2D eigenvalue weighted by atomic mass is 16.2. The minimum absolute atomic E-state index is 0.197. The van der Waals surface area contributed by atoms with E-state index in [1.165, 1.54) is 5.39 Å². The molecular weight excluding hydrogens is 322 g/mol. The lowest BCUT2D eigenvalue weighted by Gasteiger charge is -2.28. The Balaban J connectivity index is 1.78. The second-order valence-electron chi connectivity index (χ2n) is 6.89. The Labute approximate surface area is 157 Å². The zero-order chi connectivity index (χ0) is 18.9. The first-order chi connectivity index (χ1) is 12.5. The fraction of sp³-hybridized carbons (Fsp3) is 0.409. The monoisotopic (exact) mass is 351 g/mol. The minimum Gasteiger partial charge on any atom is -0.334 e. The molecular formula is C22H29N3O. The quantitative estimate of drug-likeness (QED) is 0.778. The molecule has 0 radical (unpaired) electrons. The lowest BCUT2D eigenvalue weighted by Crippen LogP contribution is -2.37. The number of nitrogens with one attached hydrogen (secondary N) is 2. The zero-order valence-corrected chi connectivity index (χ0v) is 16.2. The van der Waals surface area contributed by atoms with Gasteiger partial charge in [0.25, 0.3) is 0 Å². The van der Waals surface area contributed by atoms with Crippen molar-refractivity contribution in [1.82, 2.24) is 15.5 Å². The predicted molar refractivity (Wildman–Crippen MR) is 109 cm³/mol. The van der Waals surface area contributed by atoms with Gasteiger partial charge in [0, 0.05) is 18.6 Å². The van der Waals surface area contributed by atoms with Crippen LogP contribution >= 0.6 is 0 Å². The molecule has 0 aliphatic rings. The highest BCUT2D eigenvalue weighted by molar-refractivity contribution is 5.86. The molecule has 26 heavy (non-hydrogen) atoms. The molecule has 0 spiro atoms. The summed E-state index contributed by atoms with van der Waals surface area (Å²) in [5.41, 5.74) is 1.11. The second-order valence-corrected chi connectivity index (χ2v) is 6.89. The molecule has 2 aromatic rings. The van der Waals surface area contributed by atoms with E-state index in [1.807, 2.05) is 24.3 Å². The third kappa shape index (κ3) is 5.79. The van der Waals surface area contributed by atoms with E-state index in [0.29, 0.717) is 31.7 Å². The third-order valence-corrected chi connectivity index (χ3v) is 4.37. The number of rotatable bonds is 6. The molecule has 0 unspecified atom stereocenters. The molecule has 0 aliphatic heterocycles. The fourth-order valence-electron chi connectivity index (χ4n) is 2.98. The van der Waals surface area contributed by atoms with Crippen LogP contribution < -0.4 is 10.6 Å². The highest BCUT2D eigenvalue weighted by Crippen LogP contribution is 2.18. The van der Waals surface area contributed by atoms with Crippen molar-refractivity contribution < 1.29 is 4.79 Å². The van der Waals surface area contributed by atoms with E-state index >= 15 is 0 Å². The number of benzene rings is 2. The lowest BCUT2D eigenvalue weighted by molar-refractivity contribution is 0.200. The summed E-state index contributed by atoms with van der Waals surface area (Å²) in [4.78, 5) is 14.3. The molecule has 4 nitrogen and oxygen atoms in total. The molecule has 0 saturated heterocycles. The molecule has 0 fully saturated rings. The van der Waals surface area contributed by atoms with Crippen LogP contribution in [-0.2, 0) is 6.54 Å². The van der Waals surface area contributed by atoms with E-state index in [-0.39, 0.29) is 6.03 Å². The number of hydrogen-bond acceptors (Lipinski definition) is 2. The van der Waals surface area contributed by atoms with Crippen molar-refractivity contribution in [1.29, 1.82) is 0 Å². The summed E-state index contributed by atoms with van der Waals surface area (Å²) in [6.07, 6.45) is 0. The van der Waals surface area contributed by atoms with Crippen molar-refractivity contribution >= 4 is 16.8 Å². The first-order valence-electron chi connectivity index (χ1n) is 9.19. The maximum absolute atomic E-state index is 12.0. The number of carbonyl (C=O) groups excluding carboxylic acids is 1. The summed E-state index contributed by atoms with van der Waals surface area (Å²) in [6.45, 7) is 10.2. The summed E-state index contributed by atoms with van der Waals surface area (Å²) < 4.78 is 0. The van der Waals surface area contributed by atoms with E-state index in [1.54, 1.807) is 0 Å². The Kier molecular flexibility index (Phi) is 7.50. The zero-order valence-electron chi connectivity index (χ0n) is 16.2. The fourth-order valence-corrected chi connectivity index (χ4v) is 2.98. The normalized spacial score (nSPS) is 10.9. The van der Waals surface area contributed by atoms with Crippen molar-refractivity contribution in [3.63, 3.8) is 0 Å². The lowest BCUT2D eigenvalue weighted by atomic mass is 10.0. The van der Waals surface area contributed by atoms with Gasteiger partial charge in [-0.1, -0.05) is 54.3 Å². The number of fused-ring (bicyclic) bond motifs is 1. The predicted octanol–water partition coefficient (Wildman–Crippen LogP) is 3.76. The van der Waals surface area contributed by atoms with E-state index in [2.05, 4.69) is 73.3 Å². The maximum atomic E-state index is 12.0. The SMILES string of the molecule is CC(C)N(CC#CCNC(=O)NCc1cccc2ccccc12)C(C)C. The Morgan fingerprint density at radius 3 is 2.38 bits per heavy atom. The van der Waals surface area contributed by atoms with Gasteiger partial charge in [-0.2, -0.15) is 0 Å². The number of hydrogen-bond donors (Lipinski definition) is 2. The van der Waals surface area contributed by atoms with Crippen molar-refractivity contribution in [3.8, 4) is 11.8 Å². The largest absolute Gasteiger partial charge is 0.334 e.